The molecular formula is C15H24N2O. The van der Waals surface area contributed by atoms with Gasteiger partial charge < -0.3 is 11.1 Å². The third-order valence-electron chi connectivity index (χ3n) is 3.57. The lowest BCUT2D eigenvalue weighted by molar-refractivity contribution is -0.127. The van der Waals surface area contributed by atoms with E-state index in [-0.39, 0.29) is 11.8 Å². The smallest absolute Gasteiger partial charge is 0.223 e. The predicted octanol–water partition coefficient (Wildman–Crippen LogP) is 2.41. The van der Waals surface area contributed by atoms with Crippen molar-refractivity contribution < 1.29 is 4.79 Å². The Morgan fingerprint density at radius 1 is 1.28 bits per heavy atom. The molecule has 0 aromatic heterocycles. The average molecular weight is 248 g/mol. The fourth-order valence-corrected chi connectivity index (χ4v) is 2.08. The van der Waals surface area contributed by atoms with Crippen LogP contribution in [-0.4, -0.2) is 12.5 Å². The molecule has 1 aromatic rings. The first kappa shape index (κ1) is 14.7. The van der Waals surface area contributed by atoms with Crippen molar-refractivity contribution in [3.8, 4) is 0 Å². The largest absolute Gasteiger partial charge is 0.345 e. The molecule has 0 saturated heterocycles. The number of benzene rings is 1. The van der Waals surface area contributed by atoms with Crippen LogP contribution in [0.3, 0.4) is 0 Å². The van der Waals surface area contributed by atoms with E-state index < -0.39 is 5.54 Å². The van der Waals surface area contributed by atoms with Crippen molar-refractivity contribution in [2.75, 3.05) is 6.54 Å². The molecule has 18 heavy (non-hydrogen) atoms. The monoisotopic (exact) mass is 248 g/mol. The van der Waals surface area contributed by atoms with E-state index in [9.17, 15) is 4.79 Å². The number of amides is 1. The summed E-state index contributed by atoms with van der Waals surface area (Å²) in [6.45, 7) is 6.44. The highest BCUT2D eigenvalue weighted by Gasteiger charge is 2.28. The van der Waals surface area contributed by atoms with Crippen LogP contribution in [0.2, 0.25) is 0 Å². The van der Waals surface area contributed by atoms with Gasteiger partial charge in [0.1, 0.15) is 0 Å². The molecule has 3 N–H and O–H groups in total. The van der Waals surface area contributed by atoms with Gasteiger partial charge in [0.25, 0.3) is 0 Å². The van der Waals surface area contributed by atoms with Gasteiger partial charge in [-0.2, -0.15) is 0 Å². The highest BCUT2D eigenvalue weighted by atomic mass is 16.2. The summed E-state index contributed by atoms with van der Waals surface area (Å²) >= 11 is 0. The summed E-state index contributed by atoms with van der Waals surface area (Å²) in [5, 5.41) is 3.10. The van der Waals surface area contributed by atoms with Crippen LogP contribution in [0.25, 0.3) is 0 Å². The van der Waals surface area contributed by atoms with Crippen molar-refractivity contribution >= 4 is 5.91 Å². The van der Waals surface area contributed by atoms with Crippen LogP contribution < -0.4 is 11.1 Å². The fraction of sp³-hybridized carbons (Fsp3) is 0.533. The van der Waals surface area contributed by atoms with E-state index >= 15 is 0 Å². The van der Waals surface area contributed by atoms with Crippen molar-refractivity contribution in [2.45, 2.75) is 39.2 Å². The molecule has 0 spiro atoms. The van der Waals surface area contributed by atoms with Crippen LogP contribution >= 0.6 is 0 Å². The summed E-state index contributed by atoms with van der Waals surface area (Å²) in [6.07, 6.45) is 1.72. The van der Waals surface area contributed by atoms with E-state index in [1.807, 2.05) is 51.1 Å². The molecule has 0 radical (unpaired) electrons. The minimum absolute atomic E-state index is 0.0691. The molecule has 0 aliphatic rings. The Labute approximate surface area is 110 Å². The number of nitrogens with one attached hydrogen (secondary N) is 1. The molecule has 1 aromatic carbocycles. The summed E-state index contributed by atoms with van der Waals surface area (Å²) in [5.41, 5.74) is 6.42. The number of hydrogen-bond acceptors (Lipinski definition) is 2. The van der Waals surface area contributed by atoms with E-state index in [2.05, 4.69) is 5.32 Å². The molecule has 0 saturated carbocycles. The average Bonchev–Trinajstić information content (AvgIpc) is 2.41. The molecule has 1 rings (SSSR count). The third kappa shape index (κ3) is 3.33. The second-order valence-electron chi connectivity index (χ2n) is 4.90. The summed E-state index contributed by atoms with van der Waals surface area (Å²) in [5.74, 6) is 0.163. The summed E-state index contributed by atoms with van der Waals surface area (Å²) in [4.78, 5) is 12.2. The molecular weight excluding hydrogens is 224 g/mol. The van der Waals surface area contributed by atoms with Gasteiger partial charge in [0, 0.05) is 12.5 Å². The van der Waals surface area contributed by atoms with Gasteiger partial charge in [0.05, 0.1) is 5.54 Å². The van der Waals surface area contributed by atoms with Crippen molar-refractivity contribution in [3.05, 3.63) is 35.9 Å². The zero-order chi connectivity index (χ0) is 13.6. The predicted molar refractivity (Wildman–Crippen MR) is 75.1 cm³/mol. The number of carbonyl (C=O) groups is 1. The topological polar surface area (TPSA) is 55.1 Å². The van der Waals surface area contributed by atoms with Gasteiger partial charge in [-0.1, -0.05) is 44.2 Å². The van der Waals surface area contributed by atoms with Gasteiger partial charge in [0.2, 0.25) is 5.91 Å². The van der Waals surface area contributed by atoms with Crippen LogP contribution in [0.1, 0.15) is 39.2 Å². The van der Waals surface area contributed by atoms with Crippen molar-refractivity contribution in [2.24, 2.45) is 11.7 Å². The van der Waals surface area contributed by atoms with E-state index in [1.165, 1.54) is 0 Å². The normalized spacial score (nSPS) is 14.3. The van der Waals surface area contributed by atoms with Crippen molar-refractivity contribution in [1.29, 1.82) is 0 Å². The number of carbonyl (C=O) groups excluding carboxylic acids is 1. The summed E-state index contributed by atoms with van der Waals surface area (Å²) in [6, 6.07) is 9.89. The minimum atomic E-state index is -0.485. The van der Waals surface area contributed by atoms with E-state index in [4.69, 9.17) is 5.73 Å². The lowest BCUT2D eigenvalue weighted by Crippen LogP contribution is -2.50. The molecule has 100 valence electrons. The van der Waals surface area contributed by atoms with E-state index in [1.54, 1.807) is 0 Å². The molecule has 0 heterocycles. The molecule has 1 atom stereocenters. The maximum absolute atomic E-state index is 12.2. The van der Waals surface area contributed by atoms with Crippen LogP contribution in [-0.2, 0) is 10.3 Å². The molecule has 1 amide bonds. The van der Waals surface area contributed by atoms with Gasteiger partial charge >= 0.3 is 0 Å². The Morgan fingerprint density at radius 3 is 2.28 bits per heavy atom. The molecule has 0 aliphatic carbocycles. The van der Waals surface area contributed by atoms with Gasteiger partial charge in [-0.05, 0) is 25.3 Å². The van der Waals surface area contributed by atoms with Crippen LogP contribution in [0.5, 0.6) is 0 Å². The maximum Gasteiger partial charge on any atom is 0.223 e. The number of hydrogen-bond donors (Lipinski definition) is 2. The highest BCUT2D eigenvalue weighted by molar-refractivity contribution is 5.79. The summed E-state index contributed by atoms with van der Waals surface area (Å²) in [7, 11) is 0. The van der Waals surface area contributed by atoms with Crippen LogP contribution in [0.4, 0.5) is 0 Å². The molecule has 1 unspecified atom stereocenters. The van der Waals surface area contributed by atoms with Gasteiger partial charge in [0.15, 0.2) is 0 Å². The maximum atomic E-state index is 12.2. The first-order valence-electron chi connectivity index (χ1n) is 6.65. The Balaban J connectivity index is 2.87. The quantitative estimate of drug-likeness (QED) is 0.812. The molecule has 3 heteroatoms. The van der Waals surface area contributed by atoms with E-state index in [0.717, 1.165) is 18.4 Å². The second-order valence-corrected chi connectivity index (χ2v) is 4.90. The van der Waals surface area contributed by atoms with Gasteiger partial charge in [-0.15, -0.1) is 0 Å². The summed E-state index contributed by atoms with van der Waals surface area (Å²) < 4.78 is 0. The van der Waals surface area contributed by atoms with Crippen molar-refractivity contribution in [3.63, 3.8) is 0 Å². The molecule has 0 fully saturated rings. The highest BCUT2D eigenvalue weighted by Crippen LogP contribution is 2.20. The Hall–Kier alpha value is -1.35. The Bertz CT molecular complexity index is 373. The molecule has 3 nitrogen and oxygen atoms in total. The number of nitrogens with two attached hydrogens (primary N) is 1. The third-order valence-corrected chi connectivity index (χ3v) is 3.57. The van der Waals surface area contributed by atoms with Crippen LogP contribution in [0.15, 0.2) is 30.3 Å². The van der Waals surface area contributed by atoms with E-state index in [0.29, 0.717) is 6.54 Å². The minimum Gasteiger partial charge on any atom is -0.345 e. The first-order chi connectivity index (χ1) is 8.57. The fourth-order valence-electron chi connectivity index (χ4n) is 2.08. The SMILES string of the molecule is CCC(CC)C(=O)NC(C)(CN)c1ccccc1. The standard InChI is InChI=1S/C15H24N2O/c1-4-12(5-2)14(18)17-15(3,11-16)13-9-7-6-8-10-13/h6-10,12H,4-5,11,16H2,1-3H3,(H,17,18). The number of rotatable bonds is 6. The Kier molecular flexibility index (Phi) is 5.35. The second kappa shape index (κ2) is 6.55. The van der Waals surface area contributed by atoms with Gasteiger partial charge in [-0.25, -0.2) is 0 Å². The first-order valence-corrected chi connectivity index (χ1v) is 6.65. The lowest BCUT2D eigenvalue weighted by Gasteiger charge is -2.31. The Morgan fingerprint density at radius 2 is 1.83 bits per heavy atom. The lowest BCUT2D eigenvalue weighted by atomic mass is 9.90. The van der Waals surface area contributed by atoms with Crippen LogP contribution in [0, 0.1) is 5.92 Å². The van der Waals surface area contributed by atoms with Gasteiger partial charge in [-0.3, -0.25) is 4.79 Å². The molecule has 0 aliphatic heterocycles. The zero-order valence-corrected chi connectivity index (χ0v) is 11.6. The van der Waals surface area contributed by atoms with Crippen molar-refractivity contribution in [1.82, 2.24) is 5.32 Å². The zero-order valence-electron chi connectivity index (χ0n) is 11.6. The molecule has 0 bridgehead atoms.